The van der Waals surface area contributed by atoms with E-state index in [1.165, 1.54) is 11.1 Å². The van der Waals surface area contributed by atoms with Gasteiger partial charge in [0.15, 0.2) is 0 Å². The van der Waals surface area contributed by atoms with Gasteiger partial charge in [0.1, 0.15) is 0 Å². The average Bonchev–Trinajstić information content (AvgIpc) is 2.07. The van der Waals surface area contributed by atoms with E-state index in [9.17, 15) is 0 Å². The van der Waals surface area contributed by atoms with Crippen LogP contribution in [0.1, 0.15) is 18.4 Å². The van der Waals surface area contributed by atoms with E-state index in [0.717, 1.165) is 12.8 Å². The maximum Gasteiger partial charge on any atom is -0.0230 e. The Morgan fingerprint density at radius 3 is 2.36 bits per heavy atom. The van der Waals surface area contributed by atoms with Crippen molar-refractivity contribution in [1.29, 1.82) is 0 Å². The van der Waals surface area contributed by atoms with Crippen molar-refractivity contribution >= 4 is 5.57 Å². The lowest BCUT2D eigenvalue weighted by atomic mass is 10.0. The molecule has 1 radical (unpaired) electrons. The third-order valence-corrected chi connectivity index (χ3v) is 1.66. The highest BCUT2D eigenvalue weighted by Crippen LogP contribution is 2.16. The van der Waals surface area contributed by atoms with Gasteiger partial charge in [-0.05, 0) is 24.0 Å². The van der Waals surface area contributed by atoms with E-state index in [2.05, 4.69) is 25.6 Å². The fourth-order valence-electron chi connectivity index (χ4n) is 1.03. The minimum Gasteiger partial charge on any atom is -0.0952 e. The standard InChI is InChI=1S/C11H13/c1-3-7-10(2)11-8-5-4-6-9-11/h4-6,8-9H,1-3,7H2. The second-order valence-electron chi connectivity index (χ2n) is 2.57. The predicted molar refractivity (Wildman–Crippen MR) is 50.1 cm³/mol. The maximum atomic E-state index is 3.97. The molecule has 0 nitrogen and oxygen atoms in total. The van der Waals surface area contributed by atoms with Crippen LogP contribution in [-0.2, 0) is 0 Å². The number of hydrogen-bond donors (Lipinski definition) is 0. The average molecular weight is 145 g/mol. The van der Waals surface area contributed by atoms with E-state index in [1.54, 1.807) is 0 Å². The highest BCUT2D eigenvalue weighted by molar-refractivity contribution is 5.62. The highest BCUT2D eigenvalue weighted by atomic mass is 14.0. The minimum absolute atomic E-state index is 0.924. The molecule has 0 aliphatic carbocycles. The van der Waals surface area contributed by atoms with Crippen LogP contribution in [-0.4, -0.2) is 0 Å². The summed E-state index contributed by atoms with van der Waals surface area (Å²) < 4.78 is 0. The van der Waals surface area contributed by atoms with Gasteiger partial charge in [0.2, 0.25) is 0 Å². The van der Waals surface area contributed by atoms with Crippen molar-refractivity contribution in [2.75, 3.05) is 0 Å². The van der Waals surface area contributed by atoms with Crippen molar-refractivity contribution in [3.63, 3.8) is 0 Å². The SMILES string of the molecule is [CH2]CCC(=C)c1ccccc1. The summed E-state index contributed by atoms with van der Waals surface area (Å²) in [6.07, 6.45) is 1.91. The Hall–Kier alpha value is -1.04. The Morgan fingerprint density at radius 1 is 1.18 bits per heavy atom. The van der Waals surface area contributed by atoms with Crippen LogP contribution in [0.2, 0.25) is 0 Å². The van der Waals surface area contributed by atoms with Gasteiger partial charge in [-0.3, -0.25) is 0 Å². The number of allylic oxidation sites excluding steroid dienone is 1. The molecule has 0 aromatic heterocycles. The number of hydrogen-bond acceptors (Lipinski definition) is 0. The van der Waals surface area contributed by atoms with Crippen LogP contribution in [0.15, 0.2) is 36.9 Å². The molecule has 0 fully saturated rings. The summed E-state index contributed by atoms with van der Waals surface area (Å²) in [5.74, 6) is 0. The van der Waals surface area contributed by atoms with E-state index in [0.29, 0.717) is 0 Å². The molecule has 0 saturated heterocycles. The second-order valence-corrected chi connectivity index (χ2v) is 2.57. The lowest BCUT2D eigenvalue weighted by molar-refractivity contribution is 1.07. The molecule has 0 saturated carbocycles. The molecule has 0 atom stereocenters. The van der Waals surface area contributed by atoms with Gasteiger partial charge < -0.3 is 0 Å². The molecule has 0 N–H and O–H groups in total. The van der Waals surface area contributed by atoms with E-state index >= 15 is 0 Å². The summed E-state index contributed by atoms with van der Waals surface area (Å²) in [5.41, 5.74) is 2.41. The molecule has 0 aliphatic rings. The first-order valence-corrected chi connectivity index (χ1v) is 3.87. The van der Waals surface area contributed by atoms with Crippen LogP contribution in [0.5, 0.6) is 0 Å². The molecule has 0 heteroatoms. The maximum absolute atomic E-state index is 3.97. The summed E-state index contributed by atoms with van der Waals surface area (Å²) >= 11 is 0. The fraction of sp³-hybridized carbons (Fsp3) is 0.182. The topological polar surface area (TPSA) is 0 Å². The summed E-state index contributed by atoms with van der Waals surface area (Å²) in [4.78, 5) is 0. The van der Waals surface area contributed by atoms with Crippen LogP contribution in [0.3, 0.4) is 0 Å². The smallest absolute Gasteiger partial charge is 0.0230 e. The second kappa shape index (κ2) is 3.97. The van der Waals surface area contributed by atoms with Gasteiger partial charge >= 0.3 is 0 Å². The molecule has 1 aromatic carbocycles. The van der Waals surface area contributed by atoms with Gasteiger partial charge in [-0.25, -0.2) is 0 Å². The zero-order valence-electron chi connectivity index (χ0n) is 6.72. The molecule has 1 rings (SSSR count). The van der Waals surface area contributed by atoms with Crippen LogP contribution < -0.4 is 0 Å². The third kappa shape index (κ3) is 2.23. The van der Waals surface area contributed by atoms with Gasteiger partial charge in [-0.2, -0.15) is 0 Å². The fourth-order valence-corrected chi connectivity index (χ4v) is 1.03. The van der Waals surface area contributed by atoms with E-state index in [-0.39, 0.29) is 0 Å². The monoisotopic (exact) mass is 145 g/mol. The molecule has 1 aromatic rings. The van der Waals surface area contributed by atoms with Crippen molar-refractivity contribution in [3.05, 3.63) is 49.4 Å². The molecule has 0 aliphatic heterocycles. The molecule has 0 spiro atoms. The Kier molecular flexibility index (Phi) is 2.91. The molecular formula is C11H13. The van der Waals surface area contributed by atoms with E-state index in [4.69, 9.17) is 0 Å². The largest absolute Gasteiger partial charge is 0.0952 e. The predicted octanol–water partition coefficient (Wildman–Crippen LogP) is 3.31. The highest BCUT2D eigenvalue weighted by Gasteiger charge is 1.94. The summed E-state index contributed by atoms with van der Waals surface area (Å²) in [6.45, 7) is 7.77. The van der Waals surface area contributed by atoms with Crippen LogP contribution in [0, 0.1) is 6.92 Å². The lowest BCUT2D eigenvalue weighted by Gasteiger charge is -2.01. The summed E-state index contributed by atoms with van der Waals surface area (Å²) in [5, 5.41) is 0. The number of rotatable bonds is 3. The Morgan fingerprint density at radius 2 is 1.82 bits per heavy atom. The van der Waals surface area contributed by atoms with Gasteiger partial charge in [0.25, 0.3) is 0 Å². The first-order valence-electron chi connectivity index (χ1n) is 3.87. The quantitative estimate of drug-likeness (QED) is 0.612. The van der Waals surface area contributed by atoms with Crippen LogP contribution >= 0.6 is 0 Å². The molecule has 57 valence electrons. The molecule has 0 heterocycles. The normalized spacial score (nSPS) is 9.55. The number of benzene rings is 1. The third-order valence-electron chi connectivity index (χ3n) is 1.66. The van der Waals surface area contributed by atoms with Gasteiger partial charge in [0, 0.05) is 0 Å². The lowest BCUT2D eigenvalue weighted by Crippen LogP contribution is -1.80. The van der Waals surface area contributed by atoms with Crippen molar-refractivity contribution in [2.45, 2.75) is 12.8 Å². The van der Waals surface area contributed by atoms with Crippen molar-refractivity contribution < 1.29 is 0 Å². The molecule has 0 bridgehead atoms. The Balaban J connectivity index is 2.69. The van der Waals surface area contributed by atoms with Crippen molar-refractivity contribution in [1.82, 2.24) is 0 Å². The molecule has 0 amide bonds. The summed E-state index contributed by atoms with van der Waals surface area (Å²) in [6, 6.07) is 10.2. The molecular weight excluding hydrogens is 132 g/mol. The summed E-state index contributed by atoms with van der Waals surface area (Å²) in [7, 11) is 0. The minimum atomic E-state index is 0.924. The van der Waals surface area contributed by atoms with Crippen LogP contribution in [0.25, 0.3) is 5.57 Å². The first kappa shape index (κ1) is 8.06. The van der Waals surface area contributed by atoms with Crippen molar-refractivity contribution in [3.8, 4) is 0 Å². The molecule has 0 unspecified atom stereocenters. The molecule has 11 heavy (non-hydrogen) atoms. The Bertz CT molecular complexity index is 221. The van der Waals surface area contributed by atoms with Gasteiger partial charge in [0.05, 0.1) is 0 Å². The van der Waals surface area contributed by atoms with Gasteiger partial charge in [-0.1, -0.05) is 43.8 Å². The Labute approximate surface area is 68.6 Å². The van der Waals surface area contributed by atoms with E-state index < -0.39 is 0 Å². The van der Waals surface area contributed by atoms with Crippen molar-refractivity contribution in [2.24, 2.45) is 0 Å². The van der Waals surface area contributed by atoms with Gasteiger partial charge in [-0.15, -0.1) is 0 Å². The first-order chi connectivity index (χ1) is 5.34. The van der Waals surface area contributed by atoms with E-state index in [1.807, 2.05) is 18.2 Å². The zero-order chi connectivity index (χ0) is 8.10. The zero-order valence-corrected chi connectivity index (χ0v) is 6.72. The van der Waals surface area contributed by atoms with Crippen LogP contribution in [0.4, 0.5) is 0 Å².